The predicted octanol–water partition coefficient (Wildman–Crippen LogP) is 8.30. The summed E-state index contributed by atoms with van der Waals surface area (Å²) in [7, 11) is 2.76. The van der Waals surface area contributed by atoms with Gasteiger partial charge in [0.15, 0.2) is 0 Å². The lowest BCUT2D eigenvalue weighted by Crippen LogP contribution is -2.47. The fourth-order valence-corrected chi connectivity index (χ4v) is 7.06. The Morgan fingerprint density at radius 2 is 0.821 bits per heavy atom. The molecular weight excluding hydrogens is 364 g/mol. The SMILES string of the molecule is CCCCCCCCCCCCCCCCCC(CCC)[Si](OC)(OC)OC. The first kappa shape index (κ1) is 28.1. The van der Waals surface area contributed by atoms with Crippen molar-refractivity contribution in [3.8, 4) is 0 Å². The van der Waals surface area contributed by atoms with E-state index >= 15 is 0 Å². The number of hydrogen-bond acceptors (Lipinski definition) is 3. The van der Waals surface area contributed by atoms with E-state index in [1.807, 2.05) is 0 Å². The third-order valence-electron chi connectivity index (χ3n) is 6.15. The number of rotatable bonds is 22. The minimum atomic E-state index is -2.47. The van der Waals surface area contributed by atoms with Gasteiger partial charge in [-0.1, -0.05) is 117 Å². The maximum atomic E-state index is 5.72. The van der Waals surface area contributed by atoms with E-state index in [-0.39, 0.29) is 0 Å². The first-order chi connectivity index (χ1) is 13.7. The van der Waals surface area contributed by atoms with Crippen LogP contribution in [0.25, 0.3) is 0 Å². The summed E-state index contributed by atoms with van der Waals surface area (Å²) in [6, 6.07) is 0. The molecule has 28 heavy (non-hydrogen) atoms. The van der Waals surface area contributed by atoms with Crippen molar-refractivity contribution in [3.63, 3.8) is 0 Å². The summed E-state index contributed by atoms with van der Waals surface area (Å²) in [6.07, 6.45) is 24.6. The predicted molar refractivity (Wildman–Crippen MR) is 125 cm³/mol. The standard InChI is InChI=1S/C24H52O3Si/c1-6-8-9-10-11-12-13-14-15-16-17-18-19-20-21-23-24(22-7-2)28(25-3,26-4)27-5/h24H,6-23H2,1-5H3. The lowest BCUT2D eigenvalue weighted by atomic mass is 10.0. The Morgan fingerprint density at radius 3 is 1.14 bits per heavy atom. The minimum absolute atomic E-state index is 0.444. The molecule has 0 aliphatic heterocycles. The molecule has 0 aromatic rings. The normalized spacial score (nSPS) is 13.2. The van der Waals surface area contributed by atoms with Gasteiger partial charge in [-0.3, -0.25) is 0 Å². The molecule has 0 saturated carbocycles. The maximum absolute atomic E-state index is 5.72. The summed E-state index contributed by atoms with van der Waals surface area (Å²) in [6.45, 7) is 4.53. The highest BCUT2D eigenvalue weighted by atomic mass is 28.4. The Hall–Kier alpha value is 0.0969. The third kappa shape index (κ3) is 13.3. The van der Waals surface area contributed by atoms with Gasteiger partial charge in [-0.15, -0.1) is 0 Å². The van der Waals surface area contributed by atoms with Crippen LogP contribution in [0.3, 0.4) is 0 Å². The molecule has 0 aliphatic rings. The van der Waals surface area contributed by atoms with E-state index in [4.69, 9.17) is 13.3 Å². The van der Waals surface area contributed by atoms with Crippen molar-refractivity contribution in [3.05, 3.63) is 0 Å². The van der Waals surface area contributed by atoms with Crippen LogP contribution < -0.4 is 0 Å². The summed E-state index contributed by atoms with van der Waals surface area (Å²) in [5.74, 6) is 0. The molecule has 0 heterocycles. The zero-order chi connectivity index (χ0) is 20.9. The first-order valence-corrected chi connectivity index (χ1v) is 14.2. The lowest BCUT2D eigenvalue weighted by Gasteiger charge is -2.32. The number of unbranched alkanes of at least 4 members (excludes halogenated alkanes) is 14. The van der Waals surface area contributed by atoms with Crippen LogP contribution in [0.15, 0.2) is 0 Å². The molecule has 170 valence electrons. The van der Waals surface area contributed by atoms with Crippen molar-refractivity contribution in [1.29, 1.82) is 0 Å². The molecule has 0 spiro atoms. The van der Waals surface area contributed by atoms with E-state index in [2.05, 4.69) is 13.8 Å². The van der Waals surface area contributed by atoms with Crippen molar-refractivity contribution in [2.75, 3.05) is 21.3 Å². The number of hydrogen-bond donors (Lipinski definition) is 0. The first-order valence-electron chi connectivity index (χ1n) is 12.4. The van der Waals surface area contributed by atoms with Gasteiger partial charge in [0.05, 0.1) is 0 Å². The molecule has 3 nitrogen and oxygen atoms in total. The van der Waals surface area contributed by atoms with E-state index in [1.165, 1.54) is 103 Å². The fraction of sp³-hybridized carbons (Fsp3) is 1.00. The van der Waals surface area contributed by atoms with Crippen LogP contribution in [-0.2, 0) is 13.3 Å². The molecule has 0 bridgehead atoms. The smallest absolute Gasteiger partial charge is 0.377 e. The van der Waals surface area contributed by atoms with Crippen molar-refractivity contribution in [2.45, 2.75) is 135 Å². The van der Waals surface area contributed by atoms with Crippen LogP contribution in [0.4, 0.5) is 0 Å². The molecular formula is C24H52O3Si. The molecule has 4 heteroatoms. The van der Waals surface area contributed by atoms with Gasteiger partial charge in [0.25, 0.3) is 0 Å². The van der Waals surface area contributed by atoms with Crippen molar-refractivity contribution < 1.29 is 13.3 Å². The summed E-state index contributed by atoms with van der Waals surface area (Å²) in [4.78, 5) is 0. The highest BCUT2D eigenvalue weighted by molar-refractivity contribution is 6.62. The quantitative estimate of drug-likeness (QED) is 0.131. The van der Waals surface area contributed by atoms with Gasteiger partial charge >= 0.3 is 8.80 Å². The van der Waals surface area contributed by atoms with Crippen molar-refractivity contribution in [1.82, 2.24) is 0 Å². The van der Waals surface area contributed by atoms with Gasteiger partial charge in [-0.05, 0) is 12.8 Å². The van der Waals surface area contributed by atoms with E-state index in [9.17, 15) is 0 Å². The monoisotopic (exact) mass is 416 g/mol. The second-order valence-corrected chi connectivity index (χ2v) is 11.7. The molecule has 0 amide bonds. The van der Waals surface area contributed by atoms with Crippen LogP contribution in [0.2, 0.25) is 5.54 Å². The maximum Gasteiger partial charge on any atom is 0.503 e. The molecule has 0 saturated heterocycles. The summed E-state index contributed by atoms with van der Waals surface area (Å²) >= 11 is 0. The van der Waals surface area contributed by atoms with E-state index in [0.717, 1.165) is 12.8 Å². The molecule has 0 radical (unpaired) electrons. The minimum Gasteiger partial charge on any atom is -0.377 e. The lowest BCUT2D eigenvalue weighted by molar-refractivity contribution is 0.107. The Labute approximate surface area is 178 Å². The van der Waals surface area contributed by atoms with Gasteiger partial charge in [0.2, 0.25) is 0 Å². The molecule has 1 unspecified atom stereocenters. The molecule has 1 atom stereocenters. The van der Waals surface area contributed by atoms with Crippen molar-refractivity contribution >= 4 is 8.80 Å². The summed E-state index contributed by atoms with van der Waals surface area (Å²) < 4.78 is 17.2. The molecule has 0 N–H and O–H groups in total. The van der Waals surface area contributed by atoms with Crippen LogP contribution in [0, 0.1) is 0 Å². The Kier molecular flexibility index (Phi) is 20.4. The van der Waals surface area contributed by atoms with E-state index < -0.39 is 8.80 Å². The van der Waals surface area contributed by atoms with Crippen LogP contribution in [0.5, 0.6) is 0 Å². The van der Waals surface area contributed by atoms with Gasteiger partial charge in [0.1, 0.15) is 0 Å². The molecule has 0 aromatic carbocycles. The highest BCUT2D eigenvalue weighted by Crippen LogP contribution is 2.33. The third-order valence-corrected chi connectivity index (χ3v) is 9.43. The van der Waals surface area contributed by atoms with Gasteiger partial charge in [0, 0.05) is 26.9 Å². The Morgan fingerprint density at radius 1 is 0.464 bits per heavy atom. The van der Waals surface area contributed by atoms with Crippen LogP contribution in [-0.4, -0.2) is 30.1 Å². The van der Waals surface area contributed by atoms with Gasteiger partial charge in [-0.2, -0.15) is 0 Å². The molecule has 0 aliphatic carbocycles. The molecule has 0 rings (SSSR count). The second-order valence-electron chi connectivity index (χ2n) is 8.44. The van der Waals surface area contributed by atoms with Crippen LogP contribution >= 0.6 is 0 Å². The summed E-state index contributed by atoms with van der Waals surface area (Å²) in [5.41, 5.74) is 0.444. The molecule has 0 aromatic heterocycles. The topological polar surface area (TPSA) is 27.7 Å². The highest BCUT2D eigenvalue weighted by Gasteiger charge is 2.46. The van der Waals surface area contributed by atoms with Gasteiger partial charge < -0.3 is 13.3 Å². The second kappa shape index (κ2) is 20.4. The van der Waals surface area contributed by atoms with Crippen LogP contribution in [0.1, 0.15) is 129 Å². The average molecular weight is 417 g/mol. The molecule has 0 fully saturated rings. The Bertz CT molecular complexity index is 300. The zero-order valence-corrected chi connectivity index (χ0v) is 21.0. The Balaban J connectivity index is 3.59. The fourth-order valence-electron chi connectivity index (χ4n) is 4.36. The van der Waals surface area contributed by atoms with E-state index in [1.54, 1.807) is 21.3 Å². The zero-order valence-electron chi connectivity index (χ0n) is 20.0. The van der Waals surface area contributed by atoms with E-state index in [0.29, 0.717) is 5.54 Å². The summed E-state index contributed by atoms with van der Waals surface area (Å²) in [5, 5.41) is 0. The van der Waals surface area contributed by atoms with Gasteiger partial charge in [-0.25, -0.2) is 0 Å². The average Bonchev–Trinajstić information content (AvgIpc) is 2.72. The largest absolute Gasteiger partial charge is 0.503 e. The van der Waals surface area contributed by atoms with Crippen molar-refractivity contribution in [2.24, 2.45) is 0 Å².